The molecule has 0 spiro atoms. The number of methoxy groups -OCH3 is 2. The molecule has 148 valence electrons. The fraction of sp³-hybridized carbons (Fsp3) is 0.263. The Morgan fingerprint density at radius 1 is 1.04 bits per heavy atom. The van der Waals surface area contributed by atoms with Crippen LogP contribution < -0.4 is 14.2 Å². The smallest absolute Gasteiger partial charge is 0.204 e. The number of hydrogen-bond donors (Lipinski definition) is 0. The lowest BCUT2D eigenvalue weighted by Gasteiger charge is -2.17. The maximum atomic E-state index is 14.2. The van der Waals surface area contributed by atoms with Crippen LogP contribution in [-0.2, 0) is 16.2 Å². The molecule has 2 aromatic carbocycles. The average molecular weight is 412 g/mol. The Balaban J connectivity index is 1.98. The van der Waals surface area contributed by atoms with Crippen LogP contribution in [-0.4, -0.2) is 30.9 Å². The highest BCUT2D eigenvalue weighted by Gasteiger charge is 2.37. The SMILES string of the molecule is COc1ccc(C2C(=O)CSC2=O)c(OCc2c(OC)cc(F)c(F)c2F)c1. The predicted molar refractivity (Wildman–Crippen MR) is 95.4 cm³/mol. The molecule has 0 aromatic heterocycles. The molecule has 1 aliphatic heterocycles. The summed E-state index contributed by atoms with van der Waals surface area (Å²) in [4.78, 5) is 24.2. The Bertz CT molecular complexity index is 932. The summed E-state index contributed by atoms with van der Waals surface area (Å²) in [6.45, 7) is -0.519. The number of ketones is 1. The molecule has 2 aromatic rings. The number of hydrogen-bond acceptors (Lipinski definition) is 6. The van der Waals surface area contributed by atoms with E-state index in [2.05, 4.69) is 0 Å². The van der Waals surface area contributed by atoms with Crippen LogP contribution in [0.3, 0.4) is 0 Å². The molecule has 1 aliphatic rings. The number of carbonyl (C=O) groups excluding carboxylic acids is 2. The van der Waals surface area contributed by atoms with Gasteiger partial charge in [-0.3, -0.25) is 9.59 Å². The first kappa shape index (κ1) is 20.1. The summed E-state index contributed by atoms with van der Waals surface area (Å²) in [6, 6.07) is 5.22. The summed E-state index contributed by atoms with van der Waals surface area (Å²) < 4.78 is 56.8. The highest BCUT2D eigenvalue weighted by atomic mass is 32.2. The average Bonchev–Trinajstić information content (AvgIpc) is 3.03. The molecule has 0 radical (unpaired) electrons. The topological polar surface area (TPSA) is 61.8 Å². The van der Waals surface area contributed by atoms with Crippen molar-refractivity contribution in [1.29, 1.82) is 0 Å². The van der Waals surface area contributed by atoms with Gasteiger partial charge in [0, 0.05) is 17.7 Å². The molecular formula is C19H15F3O5S. The first-order valence-corrected chi connectivity index (χ1v) is 9.06. The number of rotatable bonds is 6. The van der Waals surface area contributed by atoms with Crippen LogP contribution in [0.4, 0.5) is 13.2 Å². The molecule has 0 N–H and O–H groups in total. The number of Topliss-reactive ketones (excluding diaryl/α,β-unsaturated/α-hetero) is 1. The Morgan fingerprint density at radius 2 is 1.79 bits per heavy atom. The van der Waals surface area contributed by atoms with E-state index in [1.54, 1.807) is 6.07 Å². The van der Waals surface area contributed by atoms with Crippen molar-refractivity contribution in [2.24, 2.45) is 0 Å². The van der Waals surface area contributed by atoms with Gasteiger partial charge in [0.2, 0.25) is 5.12 Å². The van der Waals surface area contributed by atoms with Crippen LogP contribution in [0.1, 0.15) is 17.0 Å². The van der Waals surface area contributed by atoms with Crippen molar-refractivity contribution >= 4 is 22.7 Å². The van der Waals surface area contributed by atoms with E-state index in [9.17, 15) is 22.8 Å². The Morgan fingerprint density at radius 3 is 2.39 bits per heavy atom. The van der Waals surface area contributed by atoms with Gasteiger partial charge in [-0.2, -0.15) is 0 Å². The number of halogens is 3. The van der Waals surface area contributed by atoms with Gasteiger partial charge in [0.25, 0.3) is 0 Å². The molecule has 3 rings (SSSR count). The molecular weight excluding hydrogens is 397 g/mol. The van der Waals surface area contributed by atoms with E-state index in [-0.39, 0.29) is 33.7 Å². The molecule has 5 nitrogen and oxygen atoms in total. The third kappa shape index (κ3) is 3.66. The summed E-state index contributed by atoms with van der Waals surface area (Å²) in [6.07, 6.45) is 0. The van der Waals surface area contributed by atoms with Crippen molar-refractivity contribution < 1.29 is 37.0 Å². The molecule has 0 saturated carbocycles. The second-order valence-corrected chi connectivity index (χ2v) is 6.85. The summed E-state index contributed by atoms with van der Waals surface area (Å²) in [5.41, 5.74) is -0.0450. The van der Waals surface area contributed by atoms with Crippen molar-refractivity contribution in [2.75, 3.05) is 20.0 Å². The summed E-state index contributed by atoms with van der Waals surface area (Å²) in [7, 11) is 2.60. The second-order valence-electron chi connectivity index (χ2n) is 5.87. The van der Waals surface area contributed by atoms with Gasteiger partial charge in [-0.1, -0.05) is 17.8 Å². The second kappa shape index (κ2) is 8.14. The van der Waals surface area contributed by atoms with Crippen LogP contribution in [0.25, 0.3) is 0 Å². The fourth-order valence-electron chi connectivity index (χ4n) is 2.82. The molecule has 0 bridgehead atoms. The molecule has 28 heavy (non-hydrogen) atoms. The third-order valence-electron chi connectivity index (χ3n) is 4.26. The van der Waals surface area contributed by atoms with Crippen molar-refractivity contribution in [3.63, 3.8) is 0 Å². The normalized spacial score (nSPS) is 16.4. The highest BCUT2D eigenvalue weighted by molar-refractivity contribution is 8.15. The molecule has 1 fully saturated rings. The van der Waals surface area contributed by atoms with Crippen molar-refractivity contribution in [1.82, 2.24) is 0 Å². The summed E-state index contributed by atoms with van der Waals surface area (Å²) in [5, 5.41) is -0.323. The maximum Gasteiger partial charge on any atom is 0.204 e. The van der Waals surface area contributed by atoms with E-state index in [0.29, 0.717) is 17.4 Å². The molecule has 1 saturated heterocycles. The van der Waals surface area contributed by atoms with Crippen LogP contribution in [0.2, 0.25) is 0 Å². The molecule has 0 aliphatic carbocycles. The minimum atomic E-state index is -1.65. The lowest BCUT2D eigenvalue weighted by atomic mass is 9.96. The molecule has 1 heterocycles. The van der Waals surface area contributed by atoms with Crippen LogP contribution in [0, 0.1) is 17.5 Å². The number of ether oxygens (including phenoxy) is 3. The van der Waals surface area contributed by atoms with E-state index in [4.69, 9.17) is 14.2 Å². The van der Waals surface area contributed by atoms with E-state index in [1.807, 2.05) is 0 Å². The molecule has 1 unspecified atom stereocenters. The first-order chi connectivity index (χ1) is 13.4. The fourth-order valence-corrected chi connectivity index (χ4v) is 3.70. The van der Waals surface area contributed by atoms with Crippen LogP contribution >= 0.6 is 11.8 Å². The molecule has 0 amide bonds. The van der Waals surface area contributed by atoms with Gasteiger partial charge in [-0.15, -0.1) is 0 Å². The van der Waals surface area contributed by atoms with Gasteiger partial charge in [0.15, 0.2) is 23.2 Å². The lowest BCUT2D eigenvalue weighted by Crippen LogP contribution is -2.14. The summed E-state index contributed by atoms with van der Waals surface area (Å²) in [5.74, 6) is -5.47. The lowest BCUT2D eigenvalue weighted by molar-refractivity contribution is -0.122. The number of carbonyl (C=O) groups is 2. The zero-order valence-electron chi connectivity index (χ0n) is 14.9. The van der Waals surface area contributed by atoms with E-state index in [1.165, 1.54) is 26.4 Å². The van der Waals surface area contributed by atoms with Crippen molar-refractivity contribution in [2.45, 2.75) is 12.5 Å². The van der Waals surface area contributed by atoms with Gasteiger partial charge in [-0.05, 0) is 6.07 Å². The minimum Gasteiger partial charge on any atom is -0.497 e. The Kier molecular flexibility index (Phi) is 5.83. The van der Waals surface area contributed by atoms with Gasteiger partial charge in [0.05, 0.1) is 25.5 Å². The molecule has 9 heteroatoms. The first-order valence-electron chi connectivity index (χ1n) is 8.07. The minimum absolute atomic E-state index is 0.0561. The zero-order valence-corrected chi connectivity index (χ0v) is 15.7. The van der Waals surface area contributed by atoms with E-state index >= 15 is 0 Å². The predicted octanol–water partition coefficient (Wildman–Crippen LogP) is 3.63. The zero-order chi connectivity index (χ0) is 20.4. The number of benzene rings is 2. The van der Waals surface area contributed by atoms with Gasteiger partial charge in [0.1, 0.15) is 29.8 Å². The Labute approximate surface area is 162 Å². The largest absolute Gasteiger partial charge is 0.497 e. The molecule has 1 atom stereocenters. The number of thioether (sulfide) groups is 1. The maximum absolute atomic E-state index is 14.2. The van der Waals surface area contributed by atoms with Crippen LogP contribution in [0.15, 0.2) is 24.3 Å². The standard InChI is InChI=1S/C19H15F3O5S/c1-25-9-3-4-10(16-13(23)8-28-19(16)24)15(5-9)27-7-11-14(26-2)6-12(20)18(22)17(11)21/h3-6,16H,7-8H2,1-2H3. The van der Waals surface area contributed by atoms with Crippen molar-refractivity contribution in [3.8, 4) is 17.2 Å². The Hall–Kier alpha value is -2.68. The van der Waals surface area contributed by atoms with Gasteiger partial charge >= 0.3 is 0 Å². The van der Waals surface area contributed by atoms with E-state index in [0.717, 1.165) is 11.8 Å². The monoisotopic (exact) mass is 412 g/mol. The third-order valence-corrected chi connectivity index (χ3v) is 5.21. The van der Waals surface area contributed by atoms with E-state index < -0.39 is 30.0 Å². The van der Waals surface area contributed by atoms with Crippen LogP contribution in [0.5, 0.6) is 17.2 Å². The van der Waals surface area contributed by atoms with Gasteiger partial charge in [-0.25, -0.2) is 13.2 Å². The quantitative estimate of drug-likeness (QED) is 0.534. The van der Waals surface area contributed by atoms with Crippen molar-refractivity contribution in [3.05, 3.63) is 52.8 Å². The summed E-state index contributed by atoms with van der Waals surface area (Å²) >= 11 is 0.907. The van der Waals surface area contributed by atoms with Gasteiger partial charge < -0.3 is 14.2 Å². The highest BCUT2D eigenvalue weighted by Crippen LogP contribution is 2.39.